The van der Waals surface area contributed by atoms with Crippen LogP contribution in [-0.4, -0.2) is 56.7 Å². The van der Waals surface area contributed by atoms with Crippen LogP contribution in [0.25, 0.3) is 10.8 Å². The molecule has 144 valence electrons. The lowest BCUT2D eigenvalue weighted by Gasteiger charge is -2.35. The Kier molecular flexibility index (Phi) is 4.77. The Balaban J connectivity index is 1.61. The summed E-state index contributed by atoms with van der Waals surface area (Å²) in [6.45, 7) is 6.78. The maximum absolute atomic E-state index is 13.2. The van der Waals surface area contributed by atoms with Crippen LogP contribution in [0, 0.1) is 6.92 Å². The second-order valence-electron chi connectivity index (χ2n) is 6.82. The van der Waals surface area contributed by atoms with E-state index >= 15 is 0 Å². The average molecular weight is 378 g/mol. The van der Waals surface area contributed by atoms with Crippen molar-refractivity contribution in [1.82, 2.24) is 24.6 Å². The van der Waals surface area contributed by atoms with Gasteiger partial charge >= 0.3 is 0 Å². The molecule has 8 heteroatoms. The van der Waals surface area contributed by atoms with Gasteiger partial charge < -0.3 is 9.80 Å². The number of carbonyl (C=O) groups is 1. The van der Waals surface area contributed by atoms with E-state index in [1.807, 2.05) is 19.9 Å². The quantitative estimate of drug-likeness (QED) is 0.686. The highest BCUT2D eigenvalue weighted by Crippen LogP contribution is 2.19. The lowest BCUT2D eigenvalue weighted by atomic mass is 10.1. The van der Waals surface area contributed by atoms with E-state index in [0.717, 1.165) is 11.4 Å². The van der Waals surface area contributed by atoms with E-state index < -0.39 is 0 Å². The van der Waals surface area contributed by atoms with Gasteiger partial charge in [-0.25, -0.2) is 14.6 Å². The van der Waals surface area contributed by atoms with Gasteiger partial charge in [0.1, 0.15) is 12.1 Å². The van der Waals surface area contributed by atoms with Gasteiger partial charge in [0, 0.05) is 49.9 Å². The minimum absolute atomic E-state index is 0.141. The maximum Gasteiger partial charge on any atom is 0.275 e. The van der Waals surface area contributed by atoms with Crippen LogP contribution < -0.4 is 10.5 Å². The first-order chi connectivity index (χ1) is 13.6. The predicted octanol–water partition coefficient (Wildman–Crippen LogP) is 1.48. The van der Waals surface area contributed by atoms with Gasteiger partial charge in [-0.3, -0.25) is 9.59 Å². The van der Waals surface area contributed by atoms with Crippen LogP contribution in [0.5, 0.6) is 0 Å². The fourth-order valence-electron chi connectivity index (χ4n) is 3.60. The van der Waals surface area contributed by atoms with Gasteiger partial charge in [0.05, 0.1) is 5.39 Å². The van der Waals surface area contributed by atoms with E-state index in [1.165, 1.54) is 4.68 Å². The second kappa shape index (κ2) is 7.38. The number of anilines is 1. The van der Waals surface area contributed by atoms with Gasteiger partial charge in [-0.05, 0) is 19.9 Å². The van der Waals surface area contributed by atoms with E-state index in [2.05, 4.69) is 20.0 Å². The van der Waals surface area contributed by atoms with E-state index in [1.54, 1.807) is 35.6 Å². The van der Waals surface area contributed by atoms with Crippen molar-refractivity contribution in [2.75, 3.05) is 31.1 Å². The molecule has 0 N–H and O–H groups in total. The molecule has 0 unspecified atom stereocenters. The molecule has 3 heterocycles. The predicted molar refractivity (Wildman–Crippen MR) is 107 cm³/mol. The number of amides is 1. The molecule has 1 aliphatic rings. The van der Waals surface area contributed by atoms with Crippen LogP contribution >= 0.6 is 0 Å². The molecule has 3 aromatic rings. The Hall–Kier alpha value is -3.29. The summed E-state index contributed by atoms with van der Waals surface area (Å²) in [4.78, 5) is 38.1. The molecule has 0 saturated carbocycles. The third-order valence-corrected chi connectivity index (χ3v) is 5.10. The summed E-state index contributed by atoms with van der Waals surface area (Å²) in [7, 11) is 0. The summed E-state index contributed by atoms with van der Waals surface area (Å²) in [5, 5.41) is 5.50. The molecule has 1 amide bonds. The molecular weight excluding hydrogens is 356 g/mol. The van der Waals surface area contributed by atoms with E-state index in [-0.39, 0.29) is 11.5 Å². The Bertz CT molecular complexity index is 1090. The summed E-state index contributed by atoms with van der Waals surface area (Å²) in [5.41, 5.74) is 1.19. The molecule has 1 aliphatic heterocycles. The highest BCUT2D eigenvalue weighted by molar-refractivity contribution is 6.04. The van der Waals surface area contributed by atoms with E-state index in [4.69, 9.17) is 0 Å². The summed E-state index contributed by atoms with van der Waals surface area (Å²) < 4.78 is 1.36. The summed E-state index contributed by atoms with van der Waals surface area (Å²) in [5.74, 6) is 0.766. The van der Waals surface area contributed by atoms with Gasteiger partial charge in [0.2, 0.25) is 0 Å². The number of hydrogen-bond donors (Lipinski definition) is 0. The normalized spacial score (nSPS) is 14.5. The maximum atomic E-state index is 13.2. The molecule has 0 atom stereocenters. The number of piperazine rings is 1. The lowest BCUT2D eigenvalue weighted by Crippen LogP contribution is -2.49. The molecule has 1 saturated heterocycles. The summed E-state index contributed by atoms with van der Waals surface area (Å²) in [6.07, 6.45) is 3.34. The number of benzene rings is 1. The van der Waals surface area contributed by atoms with Crippen LogP contribution in [-0.2, 0) is 6.54 Å². The van der Waals surface area contributed by atoms with Crippen molar-refractivity contribution in [3.05, 3.63) is 58.4 Å². The van der Waals surface area contributed by atoms with Crippen LogP contribution in [0.3, 0.4) is 0 Å². The largest absolute Gasteiger partial charge is 0.353 e. The Morgan fingerprint density at radius 2 is 1.82 bits per heavy atom. The molecule has 0 spiro atoms. The molecule has 8 nitrogen and oxygen atoms in total. The number of aryl methyl sites for hydroxylation is 2. The van der Waals surface area contributed by atoms with Crippen LogP contribution in [0.4, 0.5) is 5.82 Å². The molecule has 0 radical (unpaired) electrons. The molecule has 2 aromatic heterocycles. The van der Waals surface area contributed by atoms with Crippen molar-refractivity contribution in [1.29, 1.82) is 0 Å². The molecule has 0 aliphatic carbocycles. The number of hydrogen-bond acceptors (Lipinski definition) is 6. The number of fused-ring (bicyclic) bond motifs is 1. The van der Waals surface area contributed by atoms with E-state index in [0.29, 0.717) is 49.2 Å². The van der Waals surface area contributed by atoms with Crippen molar-refractivity contribution >= 4 is 22.5 Å². The first kappa shape index (κ1) is 18.1. The van der Waals surface area contributed by atoms with Crippen molar-refractivity contribution in [2.45, 2.75) is 20.4 Å². The molecule has 28 heavy (non-hydrogen) atoms. The number of rotatable bonds is 3. The fourth-order valence-corrected chi connectivity index (χ4v) is 3.60. The second-order valence-corrected chi connectivity index (χ2v) is 6.82. The number of nitrogens with zero attached hydrogens (tertiary/aromatic N) is 6. The van der Waals surface area contributed by atoms with Gasteiger partial charge in [0.15, 0.2) is 5.69 Å². The lowest BCUT2D eigenvalue weighted by molar-refractivity contribution is 0.0740. The SMILES string of the molecule is CCn1nc(C(=O)N2CCN(c3ncncc3C)CC2)c2ccccc2c1=O. The highest BCUT2D eigenvalue weighted by atomic mass is 16.2. The minimum Gasteiger partial charge on any atom is -0.353 e. The zero-order chi connectivity index (χ0) is 19.7. The van der Waals surface area contributed by atoms with Crippen molar-refractivity contribution in [3.8, 4) is 0 Å². The number of aromatic nitrogens is 4. The Morgan fingerprint density at radius 3 is 2.50 bits per heavy atom. The first-order valence-corrected chi connectivity index (χ1v) is 9.41. The molecule has 1 fully saturated rings. The summed E-state index contributed by atoms with van der Waals surface area (Å²) >= 11 is 0. The molecule has 4 rings (SSSR count). The molecular formula is C20H22N6O2. The molecule has 1 aromatic carbocycles. The molecule has 0 bridgehead atoms. The smallest absolute Gasteiger partial charge is 0.275 e. The minimum atomic E-state index is -0.168. The number of carbonyl (C=O) groups excluding carboxylic acids is 1. The van der Waals surface area contributed by atoms with Crippen LogP contribution in [0.1, 0.15) is 23.0 Å². The monoisotopic (exact) mass is 378 g/mol. The van der Waals surface area contributed by atoms with Gasteiger partial charge in [0.25, 0.3) is 11.5 Å². The van der Waals surface area contributed by atoms with Crippen molar-refractivity contribution < 1.29 is 4.79 Å². The standard InChI is InChI=1S/C20H22N6O2/c1-3-26-19(27)16-7-5-4-6-15(16)17(23-26)20(28)25-10-8-24(9-11-25)18-14(2)12-21-13-22-18/h4-7,12-13H,3,8-11H2,1-2H3. The van der Waals surface area contributed by atoms with Crippen LogP contribution in [0.15, 0.2) is 41.6 Å². The zero-order valence-corrected chi connectivity index (χ0v) is 16.0. The zero-order valence-electron chi connectivity index (χ0n) is 16.0. The van der Waals surface area contributed by atoms with Crippen LogP contribution in [0.2, 0.25) is 0 Å². The van der Waals surface area contributed by atoms with Gasteiger partial charge in [-0.15, -0.1) is 0 Å². The van der Waals surface area contributed by atoms with Crippen molar-refractivity contribution in [2.24, 2.45) is 0 Å². The van der Waals surface area contributed by atoms with Gasteiger partial charge in [-0.1, -0.05) is 18.2 Å². The Morgan fingerprint density at radius 1 is 1.11 bits per heavy atom. The summed E-state index contributed by atoms with van der Waals surface area (Å²) in [6, 6.07) is 7.17. The Labute approximate surface area is 162 Å². The third kappa shape index (κ3) is 3.11. The fraction of sp³-hybridized carbons (Fsp3) is 0.350. The van der Waals surface area contributed by atoms with Crippen molar-refractivity contribution in [3.63, 3.8) is 0 Å². The first-order valence-electron chi connectivity index (χ1n) is 9.41. The van der Waals surface area contributed by atoms with E-state index in [9.17, 15) is 9.59 Å². The topological polar surface area (TPSA) is 84.2 Å². The highest BCUT2D eigenvalue weighted by Gasteiger charge is 2.26. The van der Waals surface area contributed by atoms with Gasteiger partial charge in [-0.2, -0.15) is 5.10 Å². The third-order valence-electron chi connectivity index (χ3n) is 5.10. The average Bonchev–Trinajstić information content (AvgIpc) is 2.74.